The second kappa shape index (κ2) is 4.99. The van der Waals surface area contributed by atoms with Crippen LogP contribution >= 0.6 is 0 Å². The van der Waals surface area contributed by atoms with Crippen molar-refractivity contribution in [3.8, 4) is 11.9 Å². The highest BCUT2D eigenvalue weighted by molar-refractivity contribution is 5.47. The van der Waals surface area contributed by atoms with E-state index in [1.54, 1.807) is 6.92 Å². The van der Waals surface area contributed by atoms with Gasteiger partial charge < -0.3 is 5.11 Å². The number of pyridine rings is 1. The molecule has 0 unspecified atom stereocenters. The summed E-state index contributed by atoms with van der Waals surface area (Å²) in [7, 11) is 1.46. The Kier molecular flexibility index (Phi) is 3.39. The summed E-state index contributed by atoms with van der Waals surface area (Å²) in [5.41, 5.74) is 1.81. The molecule has 0 fully saturated rings. The molecule has 19 heavy (non-hydrogen) atoms. The second-order valence-corrected chi connectivity index (χ2v) is 4.44. The molecule has 4 nitrogen and oxygen atoms in total. The van der Waals surface area contributed by atoms with Gasteiger partial charge in [0.25, 0.3) is 5.56 Å². The lowest BCUT2D eigenvalue weighted by molar-refractivity contribution is 0.416. The zero-order valence-electron chi connectivity index (χ0n) is 10.8. The quantitative estimate of drug-likeness (QED) is 0.889. The number of hydrogen-bond acceptors (Lipinski definition) is 3. The van der Waals surface area contributed by atoms with Crippen LogP contribution in [0.5, 0.6) is 5.88 Å². The Balaban J connectivity index is 2.62. The monoisotopic (exact) mass is 254 g/mol. The smallest absolute Gasteiger partial charge is 0.271 e. The van der Waals surface area contributed by atoms with Gasteiger partial charge in [0.05, 0.1) is 0 Å². The molecule has 0 saturated carbocycles. The van der Waals surface area contributed by atoms with Gasteiger partial charge in [0.15, 0.2) is 5.88 Å². The zero-order chi connectivity index (χ0) is 14.0. The van der Waals surface area contributed by atoms with Crippen LogP contribution in [0.3, 0.4) is 0 Å². The van der Waals surface area contributed by atoms with Crippen molar-refractivity contribution in [2.45, 2.75) is 13.3 Å². The van der Waals surface area contributed by atoms with Crippen LogP contribution < -0.4 is 5.56 Å². The van der Waals surface area contributed by atoms with Gasteiger partial charge in [0.2, 0.25) is 0 Å². The predicted molar refractivity (Wildman–Crippen MR) is 72.0 cm³/mol. The largest absolute Gasteiger partial charge is 0.494 e. The molecule has 2 aromatic rings. The van der Waals surface area contributed by atoms with Crippen molar-refractivity contribution >= 4 is 0 Å². The van der Waals surface area contributed by atoms with Gasteiger partial charge in [-0.3, -0.25) is 9.36 Å². The van der Waals surface area contributed by atoms with Gasteiger partial charge in [-0.15, -0.1) is 0 Å². The summed E-state index contributed by atoms with van der Waals surface area (Å²) < 4.78 is 1.11. The van der Waals surface area contributed by atoms with E-state index >= 15 is 0 Å². The first kappa shape index (κ1) is 12.9. The third kappa shape index (κ3) is 2.23. The van der Waals surface area contributed by atoms with Crippen LogP contribution in [-0.4, -0.2) is 9.67 Å². The van der Waals surface area contributed by atoms with Crippen LogP contribution in [0, 0.1) is 18.3 Å². The van der Waals surface area contributed by atoms with Gasteiger partial charge in [-0.25, -0.2) is 0 Å². The number of benzene rings is 1. The van der Waals surface area contributed by atoms with Crippen molar-refractivity contribution in [2.24, 2.45) is 7.05 Å². The lowest BCUT2D eigenvalue weighted by Gasteiger charge is -2.13. The Morgan fingerprint density at radius 1 is 1.32 bits per heavy atom. The van der Waals surface area contributed by atoms with E-state index in [1.807, 2.05) is 36.4 Å². The fourth-order valence-electron chi connectivity index (χ4n) is 2.09. The lowest BCUT2D eigenvalue weighted by atomic mass is 9.99. The first-order valence-electron chi connectivity index (χ1n) is 5.91. The molecule has 1 aromatic carbocycles. The maximum atomic E-state index is 11.8. The summed E-state index contributed by atoms with van der Waals surface area (Å²) in [5, 5.41) is 19.2. The zero-order valence-corrected chi connectivity index (χ0v) is 10.8. The standard InChI is InChI=1S/C15H14N2O2/c1-10-12(8-11-6-4-3-5-7-11)14(18)17(2)15(19)13(10)9-16/h3-7,18H,8H2,1-2H3. The summed E-state index contributed by atoms with van der Waals surface area (Å²) in [6, 6.07) is 11.5. The van der Waals surface area contributed by atoms with Crippen LogP contribution in [0.1, 0.15) is 22.3 Å². The van der Waals surface area contributed by atoms with Crippen molar-refractivity contribution in [1.82, 2.24) is 4.57 Å². The summed E-state index contributed by atoms with van der Waals surface area (Å²) in [5.74, 6) is -0.0784. The van der Waals surface area contributed by atoms with E-state index in [4.69, 9.17) is 5.26 Å². The van der Waals surface area contributed by atoms with Gasteiger partial charge in [-0.05, 0) is 18.1 Å². The summed E-state index contributed by atoms with van der Waals surface area (Å²) in [6.45, 7) is 1.69. The van der Waals surface area contributed by atoms with Crippen molar-refractivity contribution < 1.29 is 5.11 Å². The molecule has 0 bridgehead atoms. The maximum Gasteiger partial charge on any atom is 0.271 e. The number of aromatic hydroxyl groups is 1. The van der Waals surface area contributed by atoms with E-state index in [0.717, 1.165) is 10.1 Å². The third-order valence-corrected chi connectivity index (χ3v) is 3.27. The van der Waals surface area contributed by atoms with Crippen LogP contribution in [0.4, 0.5) is 0 Å². The van der Waals surface area contributed by atoms with Crippen LogP contribution in [0.25, 0.3) is 0 Å². The van der Waals surface area contributed by atoms with Gasteiger partial charge >= 0.3 is 0 Å². The van der Waals surface area contributed by atoms with Gasteiger partial charge in [0, 0.05) is 19.0 Å². The van der Waals surface area contributed by atoms with E-state index in [-0.39, 0.29) is 11.4 Å². The molecule has 0 amide bonds. The molecule has 0 radical (unpaired) electrons. The van der Waals surface area contributed by atoms with Crippen LogP contribution in [0.15, 0.2) is 35.1 Å². The lowest BCUT2D eigenvalue weighted by Crippen LogP contribution is -2.22. The molecule has 4 heteroatoms. The number of rotatable bonds is 2. The molecule has 1 heterocycles. The van der Waals surface area contributed by atoms with E-state index in [1.165, 1.54) is 7.05 Å². The first-order valence-corrected chi connectivity index (χ1v) is 5.91. The maximum absolute atomic E-state index is 11.8. The van der Waals surface area contributed by atoms with E-state index < -0.39 is 5.56 Å². The molecule has 0 aliphatic rings. The predicted octanol–water partition coefficient (Wildman–Crippen LogP) is 1.86. The molecule has 2 rings (SSSR count). The van der Waals surface area contributed by atoms with Crippen molar-refractivity contribution in [3.05, 3.63) is 62.9 Å². The number of nitrogens with zero attached hydrogens (tertiary/aromatic N) is 2. The molecule has 1 N–H and O–H groups in total. The average Bonchev–Trinajstić information content (AvgIpc) is 2.43. The molecule has 0 aliphatic heterocycles. The molecule has 0 aliphatic carbocycles. The fraction of sp³-hybridized carbons (Fsp3) is 0.200. The molecular weight excluding hydrogens is 240 g/mol. The topological polar surface area (TPSA) is 66.0 Å². The van der Waals surface area contributed by atoms with E-state index in [2.05, 4.69) is 0 Å². The minimum atomic E-state index is -0.464. The SMILES string of the molecule is Cc1c(Cc2ccccc2)c(O)n(C)c(=O)c1C#N. The summed E-state index contributed by atoms with van der Waals surface area (Å²) in [6.07, 6.45) is 0.487. The second-order valence-electron chi connectivity index (χ2n) is 4.44. The van der Waals surface area contributed by atoms with Crippen LogP contribution in [0.2, 0.25) is 0 Å². The molecule has 1 aromatic heterocycles. The van der Waals surface area contributed by atoms with Crippen LogP contribution in [-0.2, 0) is 13.5 Å². The highest BCUT2D eigenvalue weighted by atomic mass is 16.3. The van der Waals surface area contributed by atoms with Gasteiger partial charge in [-0.1, -0.05) is 30.3 Å². The first-order chi connectivity index (χ1) is 9.06. The Morgan fingerprint density at radius 3 is 2.53 bits per heavy atom. The summed E-state index contributed by atoms with van der Waals surface area (Å²) in [4.78, 5) is 11.8. The number of nitriles is 1. The van der Waals surface area contributed by atoms with Crippen molar-refractivity contribution in [1.29, 1.82) is 5.26 Å². The molecule has 0 spiro atoms. The molecule has 0 saturated heterocycles. The highest BCUT2D eigenvalue weighted by Crippen LogP contribution is 2.23. The minimum Gasteiger partial charge on any atom is -0.494 e. The van der Waals surface area contributed by atoms with Gasteiger partial charge in [-0.2, -0.15) is 5.26 Å². The highest BCUT2D eigenvalue weighted by Gasteiger charge is 2.16. The van der Waals surface area contributed by atoms with Crippen molar-refractivity contribution in [2.75, 3.05) is 0 Å². The Morgan fingerprint density at radius 2 is 1.95 bits per heavy atom. The Bertz CT molecular complexity index is 710. The Hall–Kier alpha value is -2.54. The van der Waals surface area contributed by atoms with Gasteiger partial charge in [0.1, 0.15) is 11.6 Å². The molecule has 96 valence electrons. The third-order valence-electron chi connectivity index (χ3n) is 3.27. The fourth-order valence-corrected chi connectivity index (χ4v) is 2.09. The number of aromatic nitrogens is 1. The average molecular weight is 254 g/mol. The Labute approximate surface area is 111 Å². The normalized spacial score (nSPS) is 10.2. The molecule has 0 atom stereocenters. The van der Waals surface area contributed by atoms with Crippen molar-refractivity contribution in [3.63, 3.8) is 0 Å². The summed E-state index contributed by atoms with van der Waals surface area (Å²) >= 11 is 0. The number of hydrogen-bond donors (Lipinski definition) is 1. The minimum absolute atomic E-state index is 0.0784. The molecular formula is C15H14N2O2. The van der Waals surface area contributed by atoms with E-state index in [9.17, 15) is 9.90 Å². The van der Waals surface area contributed by atoms with E-state index in [0.29, 0.717) is 17.5 Å².